The first-order valence-corrected chi connectivity index (χ1v) is 7.07. The zero-order valence-corrected chi connectivity index (χ0v) is 12.1. The van der Waals surface area contributed by atoms with Gasteiger partial charge in [-0.25, -0.2) is 9.97 Å². The molecule has 1 aliphatic heterocycles. The van der Waals surface area contributed by atoms with Gasteiger partial charge in [0, 0.05) is 17.9 Å². The van der Waals surface area contributed by atoms with Crippen LogP contribution in [-0.4, -0.2) is 21.0 Å². The fourth-order valence-corrected chi connectivity index (χ4v) is 2.71. The van der Waals surface area contributed by atoms with Gasteiger partial charge in [0.05, 0.1) is 0 Å². The third-order valence-electron chi connectivity index (χ3n) is 3.63. The molecule has 0 fully saturated rings. The summed E-state index contributed by atoms with van der Waals surface area (Å²) in [6.07, 6.45) is 3.88. The average molecular weight is 284 g/mol. The first-order valence-electron chi connectivity index (χ1n) is 6.67. The Hall–Kier alpha value is -2.01. The number of nitrogens with two attached hydrogens (primary N) is 1. The molecule has 1 unspecified atom stereocenters. The second-order valence-corrected chi connectivity index (χ2v) is 5.43. The van der Waals surface area contributed by atoms with Crippen LogP contribution in [0.25, 0.3) is 0 Å². The average Bonchev–Trinajstić information content (AvgIpc) is 2.47. The lowest BCUT2D eigenvalue weighted by molar-refractivity contribution is 0.607. The van der Waals surface area contributed by atoms with Crippen LogP contribution in [0.15, 0.2) is 36.5 Å². The van der Waals surface area contributed by atoms with Gasteiger partial charge < -0.3 is 10.6 Å². The summed E-state index contributed by atoms with van der Waals surface area (Å²) < 4.78 is 0. The molecule has 1 aromatic heterocycles. The molecule has 0 aliphatic carbocycles. The number of rotatable bonds is 2. The van der Waals surface area contributed by atoms with E-state index in [4.69, 9.17) is 18.0 Å². The first kappa shape index (κ1) is 13.0. The molecule has 1 aliphatic rings. The van der Waals surface area contributed by atoms with Crippen LogP contribution in [0.2, 0.25) is 0 Å². The van der Waals surface area contributed by atoms with Crippen molar-refractivity contribution in [2.45, 2.75) is 25.8 Å². The lowest BCUT2D eigenvalue weighted by atomic mass is 9.97. The molecule has 2 heterocycles. The Morgan fingerprint density at radius 2 is 2.15 bits per heavy atom. The molecule has 102 valence electrons. The highest BCUT2D eigenvalue weighted by atomic mass is 32.1. The summed E-state index contributed by atoms with van der Waals surface area (Å²) >= 11 is 5.00. The minimum atomic E-state index is 0.298. The second kappa shape index (κ2) is 5.17. The molecule has 4 nitrogen and oxygen atoms in total. The summed E-state index contributed by atoms with van der Waals surface area (Å²) in [5, 5.41) is 0. The predicted molar refractivity (Wildman–Crippen MR) is 84.3 cm³/mol. The Morgan fingerprint density at radius 3 is 2.95 bits per heavy atom. The van der Waals surface area contributed by atoms with Crippen molar-refractivity contribution in [1.29, 1.82) is 0 Å². The molecule has 20 heavy (non-hydrogen) atoms. The highest BCUT2D eigenvalue weighted by Gasteiger charge is 2.26. The smallest absolute Gasteiger partial charge is 0.230 e. The van der Waals surface area contributed by atoms with Gasteiger partial charge in [-0.05, 0) is 37.5 Å². The molecule has 2 aromatic rings. The molecular weight excluding hydrogens is 268 g/mol. The summed E-state index contributed by atoms with van der Waals surface area (Å²) in [5.41, 5.74) is 8.78. The number of aromatic nitrogens is 2. The van der Waals surface area contributed by atoms with Gasteiger partial charge in [0.2, 0.25) is 5.95 Å². The zero-order valence-electron chi connectivity index (χ0n) is 11.3. The first-order chi connectivity index (χ1) is 9.66. The Kier molecular flexibility index (Phi) is 3.36. The van der Waals surface area contributed by atoms with Crippen molar-refractivity contribution in [2.24, 2.45) is 5.73 Å². The topological polar surface area (TPSA) is 55.0 Å². The van der Waals surface area contributed by atoms with E-state index in [0.29, 0.717) is 22.7 Å². The van der Waals surface area contributed by atoms with Crippen molar-refractivity contribution in [1.82, 2.24) is 9.97 Å². The third kappa shape index (κ3) is 2.25. The van der Waals surface area contributed by atoms with Crippen LogP contribution >= 0.6 is 12.2 Å². The van der Waals surface area contributed by atoms with Crippen LogP contribution in [0.1, 0.15) is 24.6 Å². The standard InChI is InChI=1S/C15H16N4S/c1-10-6-7-11-4-2-3-5-13(11)19(10)15-17-9-8-12(18-15)14(16)20/h2-5,8-10H,6-7H2,1H3,(H2,16,20). The molecule has 0 saturated heterocycles. The number of para-hydroxylation sites is 1. The van der Waals surface area contributed by atoms with Crippen molar-refractivity contribution in [3.8, 4) is 0 Å². The second-order valence-electron chi connectivity index (χ2n) is 4.99. The Bertz CT molecular complexity index is 656. The molecule has 5 heteroatoms. The number of anilines is 2. The molecule has 2 N–H and O–H groups in total. The van der Waals surface area contributed by atoms with Crippen molar-refractivity contribution >= 4 is 28.8 Å². The van der Waals surface area contributed by atoms with Crippen LogP contribution < -0.4 is 10.6 Å². The Balaban J connectivity index is 2.09. The highest BCUT2D eigenvalue weighted by molar-refractivity contribution is 7.80. The summed E-state index contributed by atoms with van der Waals surface area (Å²) in [4.78, 5) is 11.4. The third-order valence-corrected chi connectivity index (χ3v) is 3.84. The van der Waals surface area contributed by atoms with Gasteiger partial charge >= 0.3 is 0 Å². The minimum Gasteiger partial charge on any atom is -0.388 e. The number of aryl methyl sites for hydroxylation is 1. The van der Waals surface area contributed by atoms with Crippen LogP contribution in [-0.2, 0) is 6.42 Å². The van der Waals surface area contributed by atoms with E-state index < -0.39 is 0 Å². The number of thiocarbonyl (C=S) groups is 1. The van der Waals surface area contributed by atoms with Gasteiger partial charge in [-0.3, -0.25) is 0 Å². The van der Waals surface area contributed by atoms with Gasteiger partial charge in [0.1, 0.15) is 10.7 Å². The maximum absolute atomic E-state index is 5.66. The lowest BCUT2D eigenvalue weighted by Gasteiger charge is -2.35. The van der Waals surface area contributed by atoms with Crippen molar-refractivity contribution in [3.05, 3.63) is 47.8 Å². The number of hydrogen-bond donors (Lipinski definition) is 1. The number of hydrogen-bond acceptors (Lipinski definition) is 4. The van der Waals surface area contributed by atoms with E-state index >= 15 is 0 Å². The SMILES string of the molecule is CC1CCc2ccccc2N1c1nccc(C(N)=S)n1. The summed E-state index contributed by atoms with van der Waals surface area (Å²) in [6.45, 7) is 2.19. The van der Waals surface area contributed by atoms with Crippen molar-refractivity contribution in [3.63, 3.8) is 0 Å². The Labute approximate surface area is 123 Å². The molecule has 0 saturated carbocycles. The van der Waals surface area contributed by atoms with Gasteiger partial charge in [0.25, 0.3) is 0 Å². The van der Waals surface area contributed by atoms with E-state index in [1.165, 1.54) is 11.3 Å². The molecule has 3 rings (SSSR count). The molecule has 0 amide bonds. The van der Waals surface area contributed by atoms with E-state index in [0.717, 1.165) is 12.8 Å². The van der Waals surface area contributed by atoms with E-state index in [-0.39, 0.29) is 0 Å². The largest absolute Gasteiger partial charge is 0.388 e. The normalized spacial score (nSPS) is 17.6. The predicted octanol–water partition coefficient (Wildman–Crippen LogP) is 2.58. The van der Waals surface area contributed by atoms with Gasteiger partial charge in [-0.15, -0.1) is 0 Å². The zero-order chi connectivity index (χ0) is 14.1. The molecule has 1 aromatic carbocycles. The maximum atomic E-state index is 5.66. The van der Waals surface area contributed by atoms with Crippen LogP contribution in [0.5, 0.6) is 0 Å². The van der Waals surface area contributed by atoms with E-state index in [9.17, 15) is 0 Å². The molecule has 1 atom stereocenters. The van der Waals surface area contributed by atoms with E-state index in [1.54, 1.807) is 12.3 Å². The lowest BCUT2D eigenvalue weighted by Crippen LogP contribution is -2.34. The number of benzene rings is 1. The minimum absolute atomic E-state index is 0.298. The number of nitrogens with zero attached hydrogens (tertiary/aromatic N) is 3. The van der Waals surface area contributed by atoms with E-state index in [1.807, 2.05) is 6.07 Å². The molecular formula is C15H16N4S. The van der Waals surface area contributed by atoms with Crippen LogP contribution in [0.4, 0.5) is 11.6 Å². The van der Waals surface area contributed by atoms with Crippen molar-refractivity contribution < 1.29 is 0 Å². The number of fused-ring (bicyclic) bond motifs is 1. The maximum Gasteiger partial charge on any atom is 0.230 e. The van der Waals surface area contributed by atoms with Crippen LogP contribution in [0, 0.1) is 0 Å². The Morgan fingerprint density at radius 1 is 1.35 bits per heavy atom. The fraction of sp³-hybridized carbons (Fsp3) is 0.267. The van der Waals surface area contributed by atoms with Gasteiger partial charge in [-0.1, -0.05) is 30.4 Å². The highest BCUT2D eigenvalue weighted by Crippen LogP contribution is 2.34. The fourth-order valence-electron chi connectivity index (χ4n) is 2.59. The molecule has 0 spiro atoms. The molecule has 0 radical (unpaired) electrons. The van der Waals surface area contributed by atoms with Gasteiger partial charge in [-0.2, -0.15) is 0 Å². The quantitative estimate of drug-likeness (QED) is 0.859. The van der Waals surface area contributed by atoms with E-state index in [2.05, 4.69) is 40.0 Å². The monoisotopic (exact) mass is 284 g/mol. The van der Waals surface area contributed by atoms with Crippen LogP contribution in [0.3, 0.4) is 0 Å². The summed E-state index contributed by atoms with van der Waals surface area (Å²) in [7, 11) is 0. The van der Waals surface area contributed by atoms with Gasteiger partial charge in [0.15, 0.2) is 0 Å². The summed E-state index contributed by atoms with van der Waals surface area (Å²) in [5.74, 6) is 0.662. The van der Waals surface area contributed by atoms with Crippen molar-refractivity contribution in [2.75, 3.05) is 4.90 Å². The molecule has 0 bridgehead atoms. The summed E-state index contributed by atoms with van der Waals surface area (Å²) in [6, 6.07) is 10.5.